The van der Waals surface area contributed by atoms with Crippen LogP contribution in [0.4, 0.5) is 0 Å². The average Bonchev–Trinajstić information content (AvgIpc) is 2.34. The van der Waals surface area contributed by atoms with E-state index in [0.29, 0.717) is 11.6 Å². The standard InChI is InChI=1S/C14H19BrClNO2/c1-4-17(8-9(2)14(18)19)10(3)12-6-5-11(15)7-13(12)16/h5-7,9-10H,4,8H2,1-3H3,(H,18,19). The van der Waals surface area contributed by atoms with Gasteiger partial charge in [0.25, 0.3) is 0 Å². The molecule has 1 aromatic rings. The summed E-state index contributed by atoms with van der Waals surface area (Å²) in [6.45, 7) is 7.09. The Kier molecular flexibility index (Phi) is 6.30. The molecule has 0 fully saturated rings. The Morgan fingerprint density at radius 3 is 2.58 bits per heavy atom. The van der Waals surface area contributed by atoms with Gasteiger partial charge in [-0.15, -0.1) is 0 Å². The fraction of sp³-hybridized carbons (Fsp3) is 0.500. The summed E-state index contributed by atoms with van der Waals surface area (Å²) in [4.78, 5) is 13.1. The molecule has 106 valence electrons. The van der Waals surface area contributed by atoms with Crippen LogP contribution in [0.1, 0.15) is 32.4 Å². The molecule has 0 aliphatic heterocycles. The van der Waals surface area contributed by atoms with Crippen molar-refractivity contribution in [3.8, 4) is 0 Å². The molecule has 2 unspecified atom stereocenters. The monoisotopic (exact) mass is 347 g/mol. The van der Waals surface area contributed by atoms with Crippen LogP contribution in [0, 0.1) is 5.92 Å². The predicted octanol–water partition coefficient (Wildman–Crippen LogP) is 4.21. The highest BCUT2D eigenvalue weighted by atomic mass is 79.9. The normalized spacial score (nSPS) is 14.4. The Balaban J connectivity index is 2.88. The molecule has 0 aromatic heterocycles. The summed E-state index contributed by atoms with van der Waals surface area (Å²) in [6, 6.07) is 5.88. The van der Waals surface area contributed by atoms with E-state index < -0.39 is 11.9 Å². The molecule has 2 atom stereocenters. The van der Waals surface area contributed by atoms with Crippen LogP contribution in [0.25, 0.3) is 0 Å². The van der Waals surface area contributed by atoms with Crippen LogP contribution >= 0.6 is 27.5 Å². The first-order valence-corrected chi connectivity index (χ1v) is 7.45. The summed E-state index contributed by atoms with van der Waals surface area (Å²) < 4.78 is 0.940. The van der Waals surface area contributed by atoms with E-state index >= 15 is 0 Å². The molecule has 1 aromatic carbocycles. The van der Waals surface area contributed by atoms with E-state index in [9.17, 15) is 4.79 Å². The fourth-order valence-electron chi connectivity index (χ4n) is 2.03. The van der Waals surface area contributed by atoms with Gasteiger partial charge < -0.3 is 5.11 Å². The van der Waals surface area contributed by atoms with Gasteiger partial charge >= 0.3 is 5.97 Å². The second-order valence-electron chi connectivity index (χ2n) is 4.67. The van der Waals surface area contributed by atoms with Crippen LogP contribution in [0.15, 0.2) is 22.7 Å². The Morgan fingerprint density at radius 2 is 2.11 bits per heavy atom. The minimum Gasteiger partial charge on any atom is -0.481 e. The maximum absolute atomic E-state index is 11.0. The first-order valence-electron chi connectivity index (χ1n) is 6.28. The van der Waals surface area contributed by atoms with Crippen LogP contribution in [0.2, 0.25) is 5.02 Å². The third kappa shape index (κ3) is 4.48. The number of hydrogen-bond acceptors (Lipinski definition) is 2. The zero-order valence-electron chi connectivity index (χ0n) is 11.4. The van der Waals surface area contributed by atoms with Gasteiger partial charge in [0, 0.05) is 22.1 Å². The van der Waals surface area contributed by atoms with Crippen molar-refractivity contribution < 1.29 is 9.90 Å². The van der Waals surface area contributed by atoms with Crippen molar-refractivity contribution in [1.82, 2.24) is 4.90 Å². The highest BCUT2D eigenvalue weighted by Crippen LogP contribution is 2.30. The molecular weight excluding hydrogens is 330 g/mol. The number of carboxylic acid groups (broad SMARTS) is 1. The molecular formula is C14H19BrClNO2. The number of hydrogen-bond donors (Lipinski definition) is 1. The molecule has 1 rings (SSSR count). The molecule has 0 aliphatic rings. The predicted molar refractivity (Wildman–Crippen MR) is 81.6 cm³/mol. The van der Waals surface area contributed by atoms with Crippen LogP contribution in [-0.4, -0.2) is 29.1 Å². The number of halogens is 2. The van der Waals surface area contributed by atoms with Gasteiger partial charge in [-0.1, -0.05) is 47.4 Å². The number of nitrogens with zero attached hydrogens (tertiary/aromatic N) is 1. The van der Waals surface area contributed by atoms with Gasteiger partial charge in [0.15, 0.2) is 0 Å². The van der Waals surface area contributed by atoms with Crippen LogP contribution < -0.4 is 0 Å². The largest absolute Gasteiger partial charge is 0.481 e. The molecule has 0 spiro atoms. The third-order valence-electron chi connectivity index (χ3n) is 3.30. The van der Waals surface area contributed by atoms with E-state index in [1.807, 2.05) is 32.0 Å². The minimum atomic E-state index is -0.771. The van der Waals surface area contributed by atoms with E-state index in [4.69, 9.17) is 16.7 Å². The average molecular weight is 349 g/mol. The van der Waals surface area contributed by atoms with E-state index in [0.717, 1.165) is 16.6 Å². The lowest BCUT2D eigenvalue weighted by Crippen LogP contribution is -2.34. The van der Waals surface area contributed by atoms with E-state index in [1.54, 1.807) is 6.92 Å². The Hall–Kier alpha value is -0.580. The minimum absolute atomic E-state index is 0.0902. The van der Waals surface area contributed by atoms with E-state index in [-0.39, 0.29) is 6.04 Å². The second kappa shape index (κ2) is 7.27. The number of aliphatic carboxylic acids is 1. The highest BCUT2D eigenvalue weighted by Gasteiger charge is 2.21. The molecule has 0 amide bonds. The van der Waals surface area contributed by atoms with Gasteiger partial charge in [-0.2, -0.15) is 0 Å². The molecule has 5 heteroatoms. The molecule has 0 saturated carbocycles. The quantitative estimate of drug-likeness (QED) is 0.837. The van der Waals surface area contributed by atoms with Crippen molar-refractivity contribution in [2.45, 2.75) is 26.8 Å². The summed E-state index contributed by atoms with van der Waals surface area (Å²) >= 11 is 9.63. The molecule has 3 nitrogen and oxygen atoms in total. The van der Waals surface area contributed by atoms with Gasteiger partial charge in [-0.25, -0.2) is 0 Å². The van der Waals surface area contributed by atoms with Crippen LogP contribution in [-0.2, 0) is 4.79 Å². The lowest BCUT2D eigenvalue weighted by molar-refractivity contribution is -0.141. The van der Waals surface area contributed by atoms with E-state index in [2.05, 4.69) is 20.8 Å². The Morgan fingerprint density at radius 1 is 1.47 bits per heavy atom. The van der Waals surface area contributed by atoms with Crippen LogP contribution in [0.3, 0.4) is 0 Å². The maximum atomic E-state index is 11.0. The number of rotatable bonds is 6. The first-order chi connectivity index (χ1) is 8.86. The van der Waals surface area contributed by atoms with Gasteiger partial charge in [0.2, 0.25) is 0 Å². The summed E-state index contributed by atoms with van der Waals surface area (Å²) in [7, 11) is 0. The lowest BCUT2D eigenvalue weighted by Gasteiger charge is -2.30. The van der Waals surface area contributed by atoms with Crippen molar-refractivity contribution in [3.63, 3.8) is 0 Å². The Labute approximate surface area is 127 Å². The Bertz CT molecular complexity index is 453. The van der Waals surface area contributed by atoms with Gasteiger partial charge in [-0.3, -0.25) is 9.69 Å². The summed E-state index contributed by atoms with van der Waals surface area (Å²) in [6.07, 6.45) is 0. The van der Waals surface area contributed by atoms with Crippen molar-refractivity contribution in [1.29, 1.82) is 0 Å². The molecule has 0 bridgehead atoms. The molecule has 0 saturated heterocycles. The number of benzene rings is 1. The lowest BCUT2D eigenvalue weighted by atomic mass is 10.0. The summed E-state index contributed by atoms with van der Waals surface area (Å²) in [5.74, 6) is -1.16. The SMILES string of the molecule is CCN(CC(C)C(=O)O)C(C)c1ccc(Br)cc1Cl. The van der Waals surface area contributed by atoms with Crippen molar-refractivity contribution in [2.75, 3.05) is 13.1 Å². The maximum Gasteiger partial charge on any atom is 0.307 e. The zero-order chi connectivity index (χ0) is 14.6. The van der Waals surface area contributed by atoms with Gasteiger partial charge in [0.05, 0.1) is 5.92 Å². The number of carboxylic acids is 1. The zero-order valence-corrected chi connectivity index (χ0v) is 13.7. The molecule has 0 heterocycles. The topological polar surface area (TPSA) is 40.5 Å². The molecule has 19 heavy (non-hydrogen) atoms. The smallest absolute Gasteiger partial charge is 0.307 e. The van der Waals surface area contributed by atoms with Crippen molar-refractivity contribution in [2.24, 2.45) is 5.92 Å². The van der Waals surface area contributed by atoms with Crippen molar-refractivity contribution in [3.05, 3.63) is 33.3 Å². The number of carbonyl (C=O) groups is 1. The van der Waals surface area contributed by atoms with Gasteiger partial charge in [-0.05, 0) is 31.2 Å². The highest BCUT2D eigenvalue weighted by molar-refractivity contribution is 9.10. The second-order valence-corrected chi connectivity index (χ2v) is 5.99. The summed E-state index contributed by atoms with van der Waals surface area (Å²) in [5.41, 5.74) is 1.02. The summed E-state index contributed by atoms with van der Waals surface area (Å²) in [5, 5.41) is 9.71. The third-order valence-corrected chi connectivity index (χ3v) is 4.12. The molecule has 1 N–H and O–H groups in total. The van der Waals surface area contributed by atoms with E-state index in [1.165, 1.54) is 0 Å². The first kappa shape index (κ1) is 16.5. The van der Waals surface area contributed by atoms with Crippen LogP contribution in [0.5, 0.6) is 0 Å². The molecule has 0 aliphatic carbocycles. The molecule has 0 radical (unpaired) electrons. The van der Waals surface area contributed by atoms with Gasteiger partial charge in [0.1, 0.15) is 0 Å². The fourth-order valence-corrected chi connectivity index (χ4v) is 2.86. The van der Waals surface area contributed by atoms with Crippen molar-refractivity contribution >= 4 is 33.5 Å².